The van der Waals surface area contributed by atoms with E-state index >= 15 is 0 Å². The van der Waals surface area contributed by atoms with E-state index < -0.39 is 5.95 Å². The molecule has 0 spiro atoms. The Labute approximate surface area is 107 Å². The fraction of sp³-hybridized carbons (Fsp3) is 0.167. The Morgan fingerprint density at radius 1 is 1.29 bits per heavy atom. The maximum absolute atomic E-state index is 13.0. The SMILES string of the molecule is CN(Cc1ccccc1Br)c1cc(F)ncn1. The first-order valence-corrected chi connectivity index (χ1v) is 5.88. The summed E-state index contributed by atoms with van der Waals surface area (Å²) in [5.74, 6) is 0.0437. The van der Waals surface area contributed by atoms with Crippen LogP contribution in [0.25, 0.3) is 0 Å². The Kier molecular flexibility index (Phi) is 3.68. The third-order valence-corrected chi connectivity index (χ3v) is 3.15. The van der Waals surface area contributed by atoms with Gasteiger partial charge in [-0.2, -0.15) is 4.39 Å². The molecule has 1 aromatic heterocycles. The van der Waals surface area contributed by atoms with Crippen LogP contribution in [0.4, 0.5) is 10.2 Å². The molecule has 0 N–H and O–H groups in total. The zero-order valence-electron chi connectivity index (χ0n) is 9.27. The van der Waals surface area contributed by atoms with Crippen molar-refractivity contribution in [2.45, 2.75) is 6.54 Å². The molecule has 2 aromatic rings. The minimum Gasteiger partial charge on any atom is -0.355 e. The second-order valence-electron chi connectivity index (χ2n) is 3.65. The molecule has 5 heteroatoms. The van der Waals surface area contributed by atoms with Crippen molar-refractivity contribution in [2.75, 3.05) is 11.9 Å². The van der Waals surface area contributed by atoms with E-state index in [1.165, 1.54) is 12.4 Å². The summed E-state index contributed by atoms with van der Waals surface area (Å²) in [5, 5.41) is 0. The number of nitrogens with zero attached hydrogens (tertiary/aromatic N) is 3. The zero-order chi connectivity index (χ0) is 12.3. The van der Waals surface area contributed by atoms with Gasteiger partial charge in [0.05, 0.1) is 0 Å². The van der Waals surface area contributed by atoms with Crippen LogP contribution in [0.3, 0.4) is 0 Å². The van der Waals surface area contributed by atoms with Crippen molar-refractivity contribution >= 4 is 21.7 Å². The van der Waals surface area contributed by atoms with Gasteiger partial charge in [0, 0.05) is 24.1 Å². The topological polar surface area (TPSA) is 29.0 Å². The van der Waals surface area contributed by atoms with Gasteiger partial charge in [-0.25, -0.2) is 9.97 Å². The Morgan fingerprint density at radius 2 is 2.06 bits per heavy atom. The normalized spacial score (nSPS) is 10.3. The smallest absolute Gasteiger partial charge is 0.218 e. The van der Waals surface area contributed by atoms with Crippen LogP contribution in [-0.4, -0.2) is 17.0 Å². The molecule has 0 aliphatic rings. The molecule has 88 valence electrons. The van der Waals surface area contributed by atoms with E-state index in [-0.39, 0.29) is 0 Å². The molecule has 0 fully saturated rings. The van der Waals surface area contributed by atoms with Crippen LogP contribution < -0.4 is 4.90 Å². The number of hydrogen-bond acceptors (Lipinski definition) is 3. The van der Waals surface area contributed by atoms with Gasteiger partial charge >= 0.3 is 0 Å². The number of aromatic nitrogens is 2. The maximum atomic E-state index is 13.0. The fourth-order valence-electron chi connectivity index (χ4n) is 1.50. The standard InChI is InChI=1S/C12H11BrFN3/c1-17(12-6-11(14)15-8-16-12)7-9-4-2-3-5-10(9)13/h2-6,8H,7H2,1H3. The maximum Gasteiger partial charge on any atom is 0.218 e. The van der Waals surface area contributed by atoms with E-state index in [0.717, 1.165) is 10.0 Å². The van der Waals surface area contributed by atoms with Crippen molar-refractivity contribution in [3.63, 3.8) is 0 Å². The zero-order valence-corrected chi connectivity index (χ0v) is 10.9. The summed E-state index contributed by atoms with van der Waals surface area (Å²) in [5.41, 5.74) is 1.12. The Morgan fingerprint density at radius 3 is 2.76 bits per heavy atom. The molecule has 0 bridgehead atoms. The summed E-state index contributed by atoms with van der Waals surface area (Å²) in [6.07, 6.45) is 1.22. The molecular weight excluding hydrogens is 285 g/mol. The first-order valence-electron chi connectivity index (χ1n) is 5.09. The van der Waals surface area contributed by atoms with Crippen molar-refractivity contribution in [2.24, 2.45) is 0 Å². The highest BCUT2D eigenvalue weighted by Gasteiger charge is 2.07. The molecule has 0 aliphatic heterocycles. The predicted octanol–water partition coefficient (Wildman–Crippen LogP) is 3.01. The van der Waals surface area contributed by atoms with Gasteiger partial charge in [0.2, 0.25) is 5.95 Å². The van der Waals surface area contributed by atoms with Crippen LogP contribution >= 0.6 is 15.9 Å². The number of benzene rings is 1. The molecule has 0 aliphatic carbocycles. The number of halogens is 2. The van der Waals surface area contributed by atoms with Crippen molar-refractivity contribution in [3.05, 3.63) is 52.6 Å². The number of anilines is 1. The average molecular weight is 296 g/mol. The minimum atomic E-state index is -0.519. The van der Waals surface area contributed by atoms with Gasteiger partial charge in [-0.15, -0.1) is 0 Å². The van der Waals surface area contributed by atoms with Gasteiger partial charge < -0.3 is 4.90 Å². The number of hydrogen-bond donors (Lipinski definition) is 0. The Balaban J connectivity index is 2.17. The van der Waals surface area contributed by atoms with E-state index in [2.05, 4.69) is 25.9 Å². The predicted molar refractivity (Wildman–Crippen MR) is 68.2 cm³/mol. The molecule has 0 amide bonds. The summed E-state index contributed by atoms with van der Waals surface area (Å²) >= 11 is 3.48. The van der Waals surface area contributed by atoms with E-state index in [4.69, 9.17) is 0 Å². The third-order valence-electron chi connectivity index (χ3n) is 2.38. The van der Waals surface area contributed by atoms with Gasteiger partial charge in [-0.1, -0.05) is 34.1 Å². The highest BCUT2D eigenvalue weighted by Crippen LogP contribution is 2.19. The van der Waals surface area contributed by atoms with Crippen molar-refractivity contribution < 1.29 is 4.39 Å². The highest BCUT2D eigenvalue weighted by atomic mass is 79.9. The van der Waals surface area contributed by atoms with Crippen LogP contribution in [0.1, 0.15) is 5.56 Å². The average Bonchev–Trinajstić information content (AvgIpc) is 2.32. The lowest BCUT2D eigenvalue weighted by atomic mass is 10.2. The lowest BCUT2D eigenvalue weighted by Gasteiger charge is -2.18. The van der Waals surface area contributed by atoms with Crippen molar-refractivity contribution in [1.82, 2.24) is 9.97 Å². The van der Waals surface area contributed by atoms with E-state index in [1.54, 1.807) is 0 Å². The molecule has 1 aromatic carbocycles. The molecule has 3 nitrogen and oxygen atoms in total. The van der Waals surface area contributed by atoms with Crippen LogP contribution in [0, 0.1) is 5.95 Å². The van der Waals surface area contributed by atoms with Gasteiger partial charge in [0.1, 0.15) is 12.1 Å². The molecule has 2 rings (SSSR count). The first-order chi connectivity index (χ1) is 8.16. The summed E-state index contributed by atoms with van der Waals surface area (Å²) in [6.45, 7) is 0.651. The number of rotatable bonds is 3. The van der Waals surface area contributed by atoms with Crippen molar-refractivity contribution in [1.29, 1.82) is 0 Å². The van der Waals surface area contributed by atoms with Gasteiger partial charge in [0.25, 0.3) is 0 Å². The second kappa shape index (κ2) is 5.23. The largest absolute Gasteiger partial charge is 0.355 e. The highest BCUT2D eigenvalue weighted by molar-refractivity contribution is 9.10. The first kappa shape index (κ1) is 12.0. The molecule has 17 heavy (non-hydrogen) atoms. The molecule has 1 heterocycles. The van der Waals surface area contributed by atoms with Gasteiger partial charge in [-0.05, 0) is 11.6 Å². The van der Waals surface area contributed by atoms with E-state index in [1.807, 2.05) is 36.2 Å². The molecule has 0 unspecified atom stereocenters. The van der Waals surface area contributed by atoms with Crippen LogP contribution in [-0.2, 0) is 6.54 Å². The second-order valence-corrected chi connectivity index (χ2v) is 4.50. The fourth-order valence-corrected chi connectivity index (χ4v) is 1.91. The monoisotopic (exact) mass is 295 g/mol. The molecule has 0 atom stereocenters. The summed E-state index contributed by atoms with van der Waals surface area (Å²) in [7, 11) is 1.86. The van der Waals surface area contributed by atoms with Crippen LogP contribution in [0.15, 0.2) is 41.1 Å². The summed E-state index contributed by atoms with van der Waals surface area (Å²) < 4.78 is 14.0. The van der Waals surface area contributed by atoms with E-state index in [0.29, 0.717) is 12.4 Å². The molecule has 0 saturated carbocycles. The van der Waals surface area contributed by atoms with E-state index in [9.17, 15) is 4.39 Å². The van der Waals surface area contributed by atoms with Crippen LogP contribution in [0.2, 0.25) is 0 Å². The lowest BCUT2D eigenvalue weighted by Crippen LogP contribution is -2.18. The Bertz CT molecular complexity index is 519. The Hall–Kier alpha value is -1.49. The van der Waals surface area contributed by atoms with Crippen molar-refractivity contribution in [3.8, 4) is 0 Å². The summed E-state index contributed by atoms with van der Waals surface area (Å²) in [6, 6.07) is 9.23. The van der Waals surface area contributed by atoms with Gasteiger partial charge in [0.15, 0.2) is 0 Å². The molecule has 0 radical (unpaired) electrons. The third kappa shape index (κ3) is 3.00. The quantitative estimate of drug-likeness (QED) is 0.815. The minimum absolute atomic E-state index is 0.519. The lowest BCUT2D eigenvalue weighted by molar-refractivity contribution is 0.578. The van der Waals surface area contributed by atoms with Gasteiger partial charge in [-0.3, -0.25) is 0 Å². The summed E-state index contributed by atoms with van der Waals surface area (Å²) in [4.78, 5) is 9.32. The molecular formula is C12H11BrFN3. The molecule has 0 saturated heterocycles. The van der Waals surface area contributed by atoms with Crippen LogP contribution in [0.5, 0.6) is 0 Å².